The third-order valence-corrected chi connectivity index (χ3v) is 4.15. The number of allylic oxidation sites excluding steroid dienone is 2. The van der Waals surface area contributed by atoms with Gasteiger partial charge in [-0.05, 0) is 0 Å². The summed E-state index contributed by atoms with van der Waals surface area (Å²) in [5.41, 5.74) is 1.87. The van der Waals surface area contributed by atoms with Gasteiger partial charge in [0.05, 0.1) is 0 Å². The van der Waals surface area contributed by atoms with Gasteiger partial charge in [0.25, 0.3) is 0 Å². The summed E-state index contributed by atoms with van der Waals surface area (Å²) in [4.78, 5) is 0. The molecule has 0 amide bonds. The third-order valence-electron chi connectivity index (χ3n) is 1.86. The molecule has 0 aromatic heterocycles. The summed E-state index contributed by atoms with van der Waals surface area (Å²) in [6, 6.07) is 0. The van der Waals surface area contributed by atoms with Crippen LogP contribution in [0.25, 0.3) is 0 Å². The quantitative estimate of drug-likeness (QED) is 0.360. The molecule has 0 bridgehead atoms. The van der Waals surface area contributed by atoms with E-state index in [1.165, 1.54) is 25.7 Å². The van der Waals surface area contributed by atoms with E-state index in [9.17, 15) is 0 Å². The van der Waals surface area contributed by atoms with E-state index < -0.39 is 0 Å². The van der Waals surface area contributed by atoms with Crippen molar-refractivity contribution in [3.63, 3.8) is 0 Å². The van der Waals surface area contributed by atoms with Gasteiger partial charge in [0, 0.05) is 0 Å². The molecule has 0 aromatic carbocycles. The van der Waals surface area contributed by atoms with Crippen molar-refractivity contribution in [1.82, 2.24) is 0 Å². The number of alkyl halides is 1. The molecule has 2 rings (SSSR count). The fourth-order valence-corrected chi connectivity index (χ4v) is 3.10. The molecular formula is C7H10I-. The molecule has 1 saturated carbocycles. The van der Waals surface area contributed by atoms with Crippen LogP contribution in [0.1, 0.15) is 25.7 Å². The summed E-state index contributed by atoms with van der Waals surface area (Å²) < 4.78 is 3.47. The molecule has 1 heterocycles. The van der Waals surface area contributed by atoms with Crippen LogP contribution < -0.4 is 21.2 Å². The Labute approximate surface area is 60.6 Å². The second-order valence-electron chi connectivity index (χ2n) is 2.48. The topological polar surface area (TPSA) is 0 Å². The molecule has 2 fully saturated rings. The van der Waals surface area contributed by atoms with Gasteiger partial charge in [-0.1, -0.05) is 0 Å². The van der Waals surface area contributed by atoms with Gasteiger partial charge < -0.3 is 0 Å². The summed E-state index contributed by atoms with van der Waals surface area (Å²) in [6.45, 7) is 0. The van der Waals surface area contributed by atoms with Crippen molar-refractivity contribution in [1.29, 1.82) is 0 Å². The Hall–Kier alpha value is 0.470. The van der Waals surface area contributed by atoms with E-state index in [0.29, 0.717) is 21.2 Å². The molecule has 0 spiro atoms. The van der Waals surface area contributed by atoms with Gasteiger partial charge in [-0.15, -0.1) is 0 Å². The van der Waals surface area contributed by atoms with Crippen molar-refractivity contribution >= 4 is 0 Å². The first-order valence-corrected chi connectivity index (χ1v) is 5.87. The molecule has 0 N–H and O–H groups in total. The van der Waals surface area contributed by atoms with Crippen LogP contribution in [-0.4, -0.2) is 4.43 Å². The zero-order chi connectivity index (χ0) is 5.40. The third kappa shape index (κ3) is 0.925. The van der Waals surface area contributed by atoms with E-state index in [4.69, 9.17) is 0 Å². The molecule has 1 aliphatic heterocycles. The molecule has 0 nitrogen and oxygen atoms in total. The summed E-state index contributed by atoms with van der Waals surface area (Å²) in [7, 11) is 0. The zero-order valence-electron chi connectivity index (χ0n) is 4.91. The standard InChI is InChI=1S/C7H10I/c1-2-4-6(3-1)7-5-8-7/h1-5H2/q-1. The Morgan fingerprint density at radius 3 is 2.25 bits per heavy atom. The summed E-state index contributed by atoms with van der Waals surface area (Å²) in [5.74, 6) is 0. The van der Waals surface area contributed by atoms with E-state index in [-0.39, 0.29) is 0 Å². The summed E-state index contributed by atoms with van der Waals surface area (Å²) in [6.07, 6.45) is 5.91. The molecule has 46 valence electrons. The second kappa shape index (κ2) is 2.01. The molecule has 0 unspecified atom stereocenters. The normalized spacial score (nSPS) is 28.0. The van der Waals surface area contributed by atoms with Crippen molar-refractivity contribution in [2.24, 2.45) is 0 Å². The molecule has 2 aliphatic rings. The number of hydrogen-bond acceptors (Lipinski definition) is 0. The predicted molar refractivity (Wildman–Crippen MR) is 30.4 cm³/mol. The van der Waals surface area contributed by atoms with Crippen molar-refractivity contribution in [3.8, 4) is 0 Å². The van der Waals surface area contributed by atoms with Gasteiger partial charge in [0.2, 0.25) is 0 Å². The van der Waals surface area contributed by atoms with Gasteiger partial charge in [0.15, 0.2) is 0 Å². The molecular weight excluding hydrogens is 211 g/mol. The maximum absolute atomic E-state index is 1.92. The average Bonchev–Trinajstić information content (AvgIpc) is 2.49. The minimum atomic E-state index is 0.641. The van der Waals surface area contributed by atoms with Crippen LogP contribution in [0.2, 0.25) is 0 Å². The van der Waals surface area contributed by atoms with Crippen molar-refractivity contribution in [2.75, 3.05) is 4.43 Å². The van der Waals surface area contributed by atoms with Crippen LogP contribution in [0.5, 0.6) is 0 Å². The first-order valence-electron chi connectivity index (χ1n) is 3.27. The Morgan fingerprint density at radius 2 is 1.75 bits per heavy atom. The van der Waals surface area contributed by atoms with Crippen molar-refractivity contribution in [2.45, 2.75) is 25.7 Å². The van der Waals surface area contributed by atoms with Gasteiger partial charge in [-0.25, -0.2) is 0 Å². The predicted octanol–water partition coefficient (Wildman–Crippen LogP) is -1.08. The Morgan fingerprint density at radius 1 is 1.12 bits per heavy atom. The molecule has 0 atom stereocenters. The SMILES string of the molecule is C1CCC(=C2C[I-]2)C1. The fourth-order valence-electron chi connectivity index (χ4n) is 1.30. The van der Waals surface area contributed by atoms with Gasteiger partial charge in [-0.3, -0.25) is 0 Å². The Balaban J connectivity index is 2.14. The van der Waals surface area contributed by atoms with E-state index in [1.54, 1.807) is 4.43 Å². The minimum absolute atomic E-state index is 0.641. The monoisotopic (exact) mass is 221 g/mol. The molecule has 0 aromatic rings. The van der Waals surface area contributed by atoms with Crippen molar-refractivity contribution < 1.29 is 21.2 Å². The summed E-state index contributed by atoms with van der Waals surface area (Å²) >= 11 is 0.641. The van der Waals surface area contributed by atoms with E-state index >= 15 is 0 Å². The van der Waals surface area contributed by atoms with Gasteiger partial charge in [-0.2, -0.15) is 0 Å². The van der Waals surface area contributed by atoms with E-state index in [1.807, 2.05) is 9.15 Å². The molecule has 8 heavy (non-hydrogen) atoms. The fraction of sp³-hybridized carbons (Fsp3) is 0.714. The van der Waals surface area contributed by atoms with Crippen LogP contribution in [0.3, 0.4) is 0 Å². The number of halogens is 1. The van der Waals surface area contributed by atoms with E-state index in [2.05, 4.69) is 0 Å². The van der Waals surface area contributed by atoms with Crippen LogP contribution in [0.15, 0.2) is 9.15 Å². The van der Waals surface area contributed by atoms with Gasteiger partial charge in [0.1, 0.15) is 0 Å². The van der Waals surface area contributed by atoms with Crippen LogP contribution in [0.4, 0.5) is 0 Å². The maximum atomic E-state index is 1.92. The van der Waals surface area contributed by atoms with Crippen LogP contribution >= 0.6 is 0 Å². The number of hydrogen-bond donors (Lipinski definition) is 0. The Bertz CT molecular complexity index is 121. The van der Waals surface area contributed by atoms with E-state index in [0.717, 1.165) is 0 Å². The second-order valence-corrected chi connectivity index (χ2v) is 5.31. The first-order chi connectivity index (χ1) is 3.97. The molecule has 1 aliphatic carbocycles. The molecule has 0 radical (unpaired) electrons. The summed E-state index contributed by atoms with van der Waals surface area (Å²) in [5, 5.41) is 0. The zero-order valence-corrected chi connectivity index (χ0v) is 7.07. The Kier molecular flexibility index (Phi) is 1.32. The average molecular weight is 221 g/mol. The van der Waals surface area contributed by atoms with Crippen LogP contribution in [0, 0.1) is 0 Å². The van der Waals surface area contributed by atoms with Gasteiger partial charge >= 0.3 is 60.5 Å². The first kappa shape index (κ1) is 5.27. The number of rotatable bonds is 0. The molecule has 1 saturated heterocycles. The van der Waals surface area contributed by atoms with Crippen molar-refractivity contribution in [3.05, 3.63) is 9.15 Å². The van der Waals surface area contributed by atoms with Crippen LogP contribution in [-0.2, 0) is 0 Å². The molecule has 1 heteroatoms.